The van der Waals surface area contributed by atoms with Crippen LogP contribution in [0.4, 0.5) is 36.7 Å². The van der Waals surface area contributed by atoms with Crippen molar-refractivity contribution in [3.8, 4) is 23.0 Å². The molecule has 0 amide bonds. The molecule has 35 heteroatoms. The summed E-state index contributed by atoms with van der Waals surface area (Å²) in [5, 5.41) is 18.0. The van der Waals surface area contributed by atoms with Gasteiger partial charge in [-0.2, -0.15) is 0 Å². The molecule has 4 aromatic carbocycles. The topological polar surface area (TPSA) is 372 Å². The fraction of sp³-hybridized carbons (Fsp3) is 0.430. The van der Waals surface area contributed by atoms with Gasteiger partial charge < -0.3 is 55.5 Å². The summed E-state index contributed by atoms with van der Waals surface area (Å²) < 4.78 is 70.9. The minimum absolute atomic E-state index is 0. The van der Waals surface area contributed by atoms with Crippen LogP contribution in [0.2, 0.25) is 18.1 Å². The highest BCUT2D eigenvalue weighted by atomic mass is 79.9. The van der Waals surface area contributed by atoms with Gasteiger partial charge >= 0.3 is 7.12 Å². The standard InChI is InChI=1S/C24H35BrFN5O2Si.C24H27FN6O3.C18H21BrFN5O2.C16H19BN2O3.4CH4/c1-15-21-20(30-23(27)28-15)14-19(17-10-9-16(26)13-18(17)25)29-22(21)31-32-11-7-8-12-33-34(5,6)24(2,3)4;1-14-22-20(30-24(26)27-14)13-19(29-23(22)31-34-11-4-3-10-32)16-9-8-15(25)12-17(16)18-6-5-7-21(28-18)33-2;1-10-16-15(24-18(21)22-10)9-14(12-5-4-11(20)8-13(12)19)23-17(16)25-27-7-3-2-6-26;1-20-16-9-5-8-15(18-16)17-21-12-10-19(11-13-22-17)14-6-3-2-4-7-14;;;;/h9-10,13,19H,7-8,11-12,14H2,1-6H3,(H,29,31)(H2,27,28,30);5-9,12,19,32H,3-4,10-11,13H2,1-2H3,(H,29,31)(H2,26,27,30);4-5,8,14,26H,2-3,6-7,9H2,1H3,(H,23,25)(H2,21,22,24);2-9H,10-13H2,1H3;4*1H4/t2*19-;14-;;;;;/m111...../s1. The molecule has 3 atom stereocenters. The number of aliphatic hydroxyl groups excluding tert-OH is 2. The van der Waals surface area contributed by atoms with Gasteiger partial charge in [-0.3, -0.25) is 29.5 Å². The number of pyridine rings is 2. The number of hydroxylamine groups is 3. The molecule has 1 fully saturated rings. The maximum Gasteiger partial charge on any atom is 0.513 e. The number of rotatable bonds is 25. The Morgan fingerprint density at radius 3 is 1.32 bits per heavy atom. The van der Waals surface area contributed by atoms with E-state index in [-0.39, 0.29) is 95.3 Å². The lowest BCUT2D eigenvalue weighted by molar-refractivity contribution is 0.0784. The van der Waals surface area contributed by atoms with Crippen molar-refractivity contribution in [3.05, 3.63) is 215 Å². The van der Waals surface area contributed by atoms with Gasteiger partial charge in [0.2, 0.25) is 29.6 Å². The molecule has 13 rings (SSSR count). The number of benzene rings is 4. The van der Waals surface area contributed by atoms with Crippen molar-refractivity contribution in [2.24, 2.45) is 15.0 Å². The van der Waals surface area contributed by atoms with Gasteiger partial charge in [0.15, 0.2) is 25.8 Å². The van der Waals surface area contributed by atoms with E-state index in [1.807, 2.05) is 57.2 Å². The fourth-order valence-corrected chi connectivity index (χ4v) is 15.2. The highest BCUT2D eigenvalue weighted by Gasteiger charge is 2.38. The molecular weight excluding hydrogens is 1700 g/mol. The second kappa shape index (κ2) is 48.3. The molecule has 1 saturated heterocycles. The van der Waals surface area contributed by atoms with Gasteiger partial charge in [-0.15, -0.1) is 0 Å². The van der Waals surface area contributed by atoms with Crippen molar-refractivity contribution in [2.45, 2.75) is 165 Å². The normalized spacial score (nSPS) is 15.2. The summed E-state index contributed by atoms with van der Waals surface area (Å²) in [6.45, 7) is 21.9. The van der Waals surface area contributed by atoms with Crippen molar-refractivity contribution in [2.75, 3.05) is 102 Å². The van der Waals surface area contributed by atoms with Crippen LogP contribution in [0.25, 0.3) is 11.3 Å². The number of amidine groups is 3. The number of nitrogens with one attached hydrogen (secondary N) is 3. The number of aromatic nitrogens is 8. The highest BCUT2D eigenvalue weighted by Crippen LogP contribution is 2.40. The van der Waals surface area contributed by atoms with Crippen molar-refractivity contribution in [1.29, 1.82) is 0 Å². The van der Waals surface area contributed by atoms with Gasteiger partial charge in [-0.05, 0) is 155 Å². The highest BCUT2D eigenvalue weighted by molar-refractivity contribution is 9.10. The van der Waals surface area contributed by atoms with Gasteiger partial charge in [-0.1, -0.05) is 131 Å². The number of para-hydroxylation sites is 1. The van der Waals surface area contributed by atoms with Crippen molar-refractivity contribution < 1.29 is 61.1 Å². The van der Waals surface area contributed by atoms with Crippen LogP contribution in [0.5, 0.6) is 11.8 Å². The van der Waals surface area contributed by atoms with Crippen molar-refractivity contribution in [1.82, 2.24) is 56.3 Å². The quantitative estimate of drug-likeness (QED) is 0.0150. The van der Waals surface area contributed by atoms with Crippen LogP contribution < -0.4 is 53.6 Å². The fourth-order valence-electron chi connectivity index (χ4n) is 12.9. The predicted octanol–water partition coefficient (Wildman–Crippen LogP) is 15.0. The number of nitrogens with zero attached hydrogens (tertiary/aromatic N) is 12. The number of hydrogen-bond acceptors (Lipinski definition) is 28. The first-order valence-corrected chi connectivity index (χ1v) is 43.1. The average molecular weight is 1820 g/mol. The van der Waals surface area contributed by atoms with E-state index >= 15 is 0 Å². The number of methoxy groups -OCH3 is 2. The van der Waals surface area contributed by atoms with Gasteiger partial charge in [-0.25, -0.2) is 69.5 Å². The Bertz CT molecular complexity index is 4910. The lowest BCUT2D eigenvalue weighted by Gasteiger charge is -2.36. The summed E-state index contributed by atoms with van der Waals surface area (Å²) in [6, 6.07) is 34.0. The van der Waals surface area contributed by atoms with E-state index in [2.05, 4.69) is 139 Å². The molecule has 28 nitrogen and oxygen atoms in total. The maximum absolute atomic E-state index is 14.3. The van der Waals surface area contributed by atoms with Gasteiger partial charge in [0, 0.05) is 97.7 Å². The Balaban J connectivity index is 0.000000250. The zero-order chi connectivity index (χ0) is 83.8. The molecule has 11 N–H and O–H groups in total. The van der Waals surface area contributed by atoms with Crippen molar-refractivity contribution in [3.63, 3.8) is 0 Å². The maximum atomic E-state index is 14.3. The minimum Gasteiger partial charge on any atom is -0.481 e. The zero-order valence-electron chi connectivity index (χ0n) is 67.4. The molecule has 0 radical (unpaired) electrons. The lowest BCUT2D eigenvalue weighted by Crippen LogP contribution is -2.45. The first-order valence-electron chi connectivity index (χ1n) is 38.6. The summed E-state index contributed by atoms with van der Waals surface area (Å²) in [4.78, 5) is 68.5. The summed E-state index contributed by atoms with van der Waals surface area (Å²) >= 11 is 6.87. The van der Waals surface area contributed by atoms with Gasteiger partial charge in [0.05, 0.1) is 114 Å². The number of aliphatic imine (C=N–C) groups is 3. The third-order valence-corrected chi connectivity index (χ3v) is 25.7. The number of ether oxygens (including phenoxy) is 2. The van der Waals surface area contributed by atoms with Crippen LogP contribution in [0.3, 0.4) is 0 Å². The Kier molecular flexibility index (Phi) is 39.9. The molecule has 5 aromatic heterocycles. The van der Waals surface area contributed by atoms with Crippen molar-refractivity contribution >= 4 is 93.9 Å². The van der Waals surface area contributed by atoms with E-state index in [0.29, 0.717) is 139 Å². The average Bonchev–Trinajstić information content (AvgIpc) is 0.775. The Morgan fingerprint density at radius 1 is 0.504 bits per heavy atom. The van der Waals surface area contributed by atoms with E-state index in [1.165, 1.54) is 49.2 Å². The third-order valence-electron chi connectivity index (χ3n) is 19.8. The Labute approximate surface area is 727 Å². The van der Waals surface area contributed by atoms with Crippen LogP contribution in [0, 0.1) is 38.2 Å². The number of hydrogen-bond donors (Lipinski definition) is 8. The third kappa shape index (κ3) is 27.9. The van der Waals surface area contributed by atoms with Gasteiger partial charge in [0.25, 0.3) is 0 Å². The molecule has 9 aromatic rings. The SMILES string of the molecule is C.C.C.C.COc1cccc(-c2cc(F)ccc2[C@H]2Cc3nc(N)nc(C)c3C(NOCCCCO)=N2)n1.COc1cccc(B2OCCN(c3ccccc3)CCO2)n1.Cc1nc(N)nc2c1C(NOCCCCO)=N[C@@H](c1ccc(F)cc1Br)C2.Cc1nc(N)nc2c1C(NOCCCCO[Si](C)(C)C(C)(C)C)=N[C@@H](c1ccc(F)cc1Br)C2. The number of aryl methyl sites for hydroxylation is 3. The van der Waals surface area contributed by atoms with E-state index in [4.69, 9.17) is 80.1 Å². The number of halogens is 5. The van der Waals surface area contributed by atoms with Crippen LogP contribution in [-0.2, 0) is 47.5 Å². The first-order chi connectivity index (χ1) is 56.2. The zero-order valence-corrected chi connectivity index (χ0v) is 71.6. The van der Waals surface area contributed by atoms with Crippen LogP contribution in [0.1, 0.15) is 175 Å². The number of nitrogen functional groups attached to an aromatic ring is 3. The summed E-state index contributed by atoms with van der Waals surface area (Å²) in [5.41, 5.74) is 38.8. The Morgan fingerprint density at radius 2 is 0.901 bits per heavy atom. The molecule has 121 heavy (non-hydrogen) atoms. The first kappa shape index (κ1) is 100. The Hall–Kier alpha value is -9.66. The summed E-state index contributed by atoms with van der Waals surface area (Å²) in [5.74, 6) is 2.13. The van der Waals surface area contributed by atoms with E-state index in [0.717, 1.165) is 94.3 Å². The smallest absolute Gasteiger partial charge is 0.481 e. The number of aliphatic hydroxyl groups is 2. The van der Waals surface area contributed by atoms with Gasteiger partial charge in [0.1, 0.15) is 17.5 Å². The van der Waals surface area contributed by atoms with Crippen LogP contribution >= 0.6 is 31.9 Å². The molecular formula is C86H118BBr2F3N18O10Si. The number of unbranched alkanes of at least 4 members (excludes halogenated alkanes) is 3. The molecule has 0 unspecified atom stereocenters. The largest absolute Gasteiger partial charge is 0.513 e. The summed E-state index contributed by atoms with van der Waals surface area (Å²) in [7, 11) is 0.971. The molecule has 0 aliphatic carbocycles. The van der Waals surface area contributed by atoms with E-state index in [1.54, 1.807) is 43.5 Å². The van der Waals surface area contributed by atoms with Crippen LogP contribution in [0.15, 0.2) is 145 Å². The predicted molar refractivity (Wildman–Crippen MR) is 483 cm³/mol. The van der Waals surface area contributed by atoms with Crippen LogP contribution in [-0.4, -0.2) is 163 Å². The lowest BCUT2D eigenvalue weighted by atomic mass is 9.83. The molecule has 654 valence electrons. The molecule has 0 spiro atoms. The molecule has 9 heterocycles. The number of fused-ring (bicyclic) bond motifs is 3. The monoisotopic (exact) mass is 1820 g/mol. The number of anilines is 4. The molecule has 0 bridgehead atoms. The second-order valence-corrected chi connectivity index (χ2v) is 35.7. The minimum atomic E-state index is -1.73. The number of nitrogens with two attached hydrogens (primary N) is 3. The molecule has 0 saturated carbocycles. The van der Waals surface area contributed by atoms with E-state index < -0.39 is 21.5 Å². The second-order valence-electron chi connectivity index (χ2n) is 29.2. The molecule has 4 aliphatic heterocycles. The van der Waals surface area contributed by atoms with E-state index in [9.17, 15) is 13.2 Å². The molecule has 4 aliphatic rings. The summed E-state index contributed by atoms with van der Waals surface area (Å²) in [6.07, 6.45) is 5.97.